The first-order valence-electron chi connectivity index (χ1n) is 13.2. The average Bonchev–Trinajstić information content (AvgIpc) is 3.59. The maximum atomic E-state index is 14.9. The van der Waals surface area contributed by atoms with E-state index in [1.54, 1.807) is 7.11 Å². The number of carbonyl (C=O) groups is 2. The summed E-state index contributed by atoms with van der Waals surface area (Å²) in [6.07, 6.45) is -3.43. The maximum absolute atomic E-state index is 14.9. The standard InChI is InChI=1S/C29H25F4N7O4S/c1-17-3-4-18(14-43-2)24(11-17)40-26(41)15-45-28(40)37-27(42)36-19-5-10-23(22(30)12-19)34-13-25-35-16-39(38-25)20-6-8-21(9-7-20)44-29(31,32)33/h3-12,16,34H,13-15H2,1-2H3,(H,36,42)/b37-28-. The Morgan fingerprint density at radius 1 is 1.11 bits per heavy atom. The molecule has 0 atom stereocenters. The van der Waals surface area contributed by atoms with Crippen molar-refractivity contribution in [3.63, 3.8) is 0 Å². The Bertz CT molecular complexity index is 1750. The maximum Gasteiger partial charge on any atom is 0.573 e. The first-order valence-corrected chi connectivity index (χ1v) is 14.2. The zero-order valence-corrected chi connectivity index (χ0v) is 24.6. The highest BCUT2D eigenvalue weighted by Crippen LogP contribution is 2.31. The van der Waals surface area contributed by atoms with E-state index < -0.39 is 18.2 Å². The number of nitrogens with one attached hydrogen (secondary N) is 2. The van der Waals surface area contributed by atoms with Gasteiger partial charge >= 0.3 is 12.4 Å². The third-order valence-electron chi connectivity index (χ3n) is 6.28. The van der Waals surface area contributed by atoms with Crippen molar-refractivity contribution in [2.45, 2.75) is 26.4 Å². The van der Waals surface area contributed by atoms with Gasteiger partial charge in [-0.2, -0.15) is 4.99 Å². The number of alkyl halides is 3. The summed E-state index contributed by atoms with van der Waals surface area (Å²) in [7, 11) is 1.54. The van der Waals surface area contributed by atoms with Crippen molar-refractivity contribution in [3.8, 4) is 11.4 Å². The molecule has 0 unspecified atom stereocenters. The summed E-state index contributed by atoms with van der Waals surface area (Å²) in [6, 6.07) is 13.8. The number of rotatable bonds is 9. The van der Waals surface area contributed by atoms with Gasteiger partial charge in [-0.15, -0.1) is 18.3 Å². The third-order valence-corrected chi connectivity index (χ3v) is 7.20. The van der Waals surface area contributed by atoms with Crippen molar-refractivity contribution >= 4 is 45.9 Å². The molecular weight excluding hydrogens is 618 g/mol. The summed E-state index contributed by atoms with van der Waals surface area (Å²) in [5.41, 5.74) is 2.94. The number of aliphatic imine (C=N–C) groups is 1. The molecule has 16 heteroatoms. The van der Waals surface area contributed by atoms with Crippen LogP contribution in [0.5, 0.6) is 5.75 Å². The van der Waals surface area contributed by atoms with Crippen LogP contribution in [0.4, 0.5) is 39.4 Å². The molecule has 2 heterocycles. The topological polar surface area (TPSA) is 123 Å². The summed E-state index contributed by atoms with van der Waals surface area (Å²) >= 11 is 1.12. The van der Waals surface area contributed by atoms with Gasteiger partial charge in [-0.05, 0) is 61.0 Å². The largest absolute Gasteiger partial charge is 0.573 e. The minimum atomic E-state index is -4.80. The Balaban J connectivity index is 1.21. The lowest BCUT2D eigenvalue weighted by molar-refractivity contribution is -0.274. The van der Waals surface area contributed by atoms with Gasteiger partial charge in [-0.1, -0.05) is 23.9 Å². The van der Waals surface area contributed by atoms with E-state index in [0.717, 1.165) is 41.1 Å². The molecule has 3 aromatic carbocycles. The van der Waals surface area contributed by atoms with Crippen LogP contribution in [0.3, 0.4) is 0 Å². The Labute approximate surface area is 258 Å². The van der Waals surface area contributed by atoms with Crippen molar-refractivity contribution in [2.75, 3.05) is 28.4 Å². The molecule has 1 aliphatic rings. The first kappa shape index (κ1) is 31.5. The fraction of sp³-hybridized carbons (Fsp3) is 0.207. The Morgan fingerprint density at radius 2 is 1.89 bits per heavy atom. The lowest BCUT2D eigenvalue weighted by Gasteiger charge is -2.20. The molecule has 1 fully saturated rings. The van der Waals surface area contributed by atoms with Gasteiger partial charge in [-0.25, -0.2) is 18.9 Å². The number of methoxy groups -OCH3 is 1. The van der Waals surface area contributed by atoms with E-state index in [1.165, 1.54) is 40.2 Å². The monoisotopic (exact) mass is 643 g/mol. The zero-order chi connectivity index (χ0) is 32.1. The van der Waals surface area contributed by atoms with E-state index in [0.29, 0.717) is 11.4 Å². The fourth-order valence-corrected chi connectivity index (χ4v) is 5.15. The van der Waals surface area contributed by atoms with Gasteiger partial charge in [0.25, 0.3) is 0 Å². The number of ether oxygens (including phenoxy) is 2. The predicted octanol–water partition coefficient (Wildman–Crippen LogP) is 6.04. The molecule has 1 saturated heterocycles. The molecule has 1 aromatic heterocycles. The summed E-state index contributed by atoms with van der Waals surface area (Å²) in [6.45, 7) is 2.18. The number of hydrogen-bond donors (Lipinski definition) is 2. The molecule has 1 aliphatic heterocycles. The zero-order valence-electron chi connectivity index (χ0n) is 23.8. The summed E-state index contributed by atoms with van der Waals surface area (Å²) in [5, 5.41) is 9.81. The number of amidine groups is 1. The van der Waals surface area contributed by atoms with Crippen LogP contribution in [-0.2, 0) is 22.7 Å². The van der Waals surface area contributed by atoms with E-state index in [4.69, 9.17) is 4.74 Å². The molecule has 5 rings (SSSR count). The highest BCUT2D eigenvalue weighted by atomic mass is 32.2. The van der Waals surface area contributed by atoms with Crippen molar-refractivity contribution < 1.29 is 36.6 Å². The van der Waals surface area contributed by atoms with Crippen molar-refractivity contribution in [1.82, 2.24) is 14.8 Å². The van der Waals surface area contributed by atoms with Crippen molar-refractivity contribution in [2.24, 2.45) is 4.99 Å². The molecule has 0 spiro atoms. The number of benzene rings is 3. The lowest BCUT2D eigenvalue weighted by atomic mass is 10.1. The summed E-state index contributed by atoms with van der Waals surface area (Å²) in [4.78, 5) is 35.0. The number of aromatic nitrogens is 3. The average molecular weight is 644 g/mol. The Hall–Kier alpha value is -4.96. The number of carbonyl (C=O) groups excluding carboxylic acids is 2. The van der Waals surface area contributed by atoms with E-state index in [9.17, 15) is 27.2 Å². The summed E-state index contributed by atoms with van der Waals surface area (Å²) < 4.78 is 62.4. The molecule has 4 aromatic rings. The van der Waals surface area contributed by atoms with Crippen LogP contribution in [0.2, 0.25) is 0 Å². The number of nitrogens with zero attached hydrogens (tertiary/aromatic N) is 5. The Morgan fingerprint density at radius 3 is 2.60 bits per heavy atom. The number of amides is 3. The molecule has 3 amide bonds. The second kappa shape index (κ2) is 13.4. The first-order chi connectivity index (χ1) is 21.5. The molecule has 2 N–H and O–H groups in total. The molecule has 234 valence electrons. The van der Waals surface area contributed by atoms with Gasteiger partial charge in [0.2, 0.25) is 5.91 Å². The number of aryl methyl sites for hydroxylation is 1. The van der Waals surface area contributed by atoms with Crippen LogP contribution in [-0.4, -0.2) is 51.1 Å². The van der Waals surface area contributed by atoms with Crippen molar-refractivity contribution in [1.29, 1.82) is 0 Å². The van der Waals surface area contributed by atoms with Gasteiger partial charge < -0.3 is 20.1 Å². The van der Waals surface area contributed by atoms with Crippen LogP contribution in [0.1, 0.15) is 17.0 Å². The SMILES string of the molecule is COCc1ccc(C)cc1N1C(=O)CS/C1=N\C(=O)Nc1ccc(NCc2ncn(-c3ccc(OC(F)(F)F)cc3)n2)c(F)c1. The van der Waals surface area contributed by atoms with Gasteiger partial charge in [0, 0.05) is 18.4 Å². The predicted molar refractivity (Wildman–Crippen MR) is 160 cm³/mol. The Kier molecular flexibility index (Phi) is 9.34. The second-order valence-electron chi connectivity index (χ2n) is 9.60. The smallest absolute Gasteiger partial charge is 0.406 e. The summed E-state index contributed by atoms with van der Waals surface area (Å²) in [5.74, 6) is -0.879. The number of thioether (sulfide) groups is 1. The minimum Gasteiger partial charge on any atom is -0.406 e. The molecule has 0 bridgehead atoms. The minimum absolute atomic E-state index is 0.0314. The fourth-order valence-electron chi connectivity index (χ4n) is 4.29. The van der Waals surface area contributed by atoms with Crippen LogP contribution < -0.4 is 20.3 Å². The van der Waals surface area contributed by atoms with Gasteiger partial charge in [0.05, 0.1) is 36.0 Å². The van der Waals surface area contributed by atoms with Crippen LogP contribution >= 0.6 is 11.8 Å². The second-order valence-corrected chi connectivity index (χ2v) is 10.5. The van der Waals surface area contributed by atoms with Crippen molar-refractivity contribution in [3.05, 3.63) is 89.8 Å². The normalized spacial score (nSPS) is 14.2. The number of urea groups is 1. The van der Waals surface area contributed by atoms with Crippen LogP contribution in [0, 0.1) is 12.7 Å². The molecule has 45 heavy (non-hydrogen) atoms. The van der Waals surface area contributed by atoms with E-state index in [-0.39, 0.29) is 52.9 Å². The number of hydrogen-bond acceptors (Lipinski definition) is 8. The van der Waals surface area contributed by atoms with Crippen LogP contribution in [0.15, 0.2) is 72.0 Å². The van der Waals surface area contributed by atoms with E-state index >= 15 is 0 Å². The molecule has 0 aliphatic carbocycles. The third kappa shape index (κ3) is 7.96. The van der Waals surface area contributed by atoms with E-state index in [2.05, 4.69) is 30.4 Å². The highest BCUT2D eigenvalue weighted by Gasteiger charge is 2.32. The molecule has 0 saturated carbocycles. The number of halogens is 4. The van der Waals surface area contributed by atoms with E-state index in [1.807, 2.05) is 25.1 Å². The number of anilines is 3. The quantitative estimate of drug-likeness (QED) is 0.212. The van der Waals surface area contributed by atoms with Crippen LogP contribution in [0.25, 0.3) is 5.69 Å². The molecular formula is C29H25F4N7O4S. The lowest BCUT2D eigenvalue weighted by Crippen LogP contribution is -2.31. The molecule has 11 nitrogen and oxygen atoms in total. The molecule has 0 radical (unpaired) electrons. The highest BCUT2D eigenvalue weighted by molar-refractivity contribution is 8.15. The van der Waals surface area contributed by atoms with Gasteiger partial charge in [0.15, 0.2) is 11.0 Å². The van der Waals surface area contributed by atoms with Gasteiger partial charge in [-0.3, -0.25) is 9.69 Å². The van der Waals surface area contributed by atoms with Gasteiger partial charge in [0.1, 0.15) is 17.9 Å².